The van der Waals surface area contributed by atoms with Crippen molar-refractivity contribution in [2.45, 2.75) is 26.3 Å². The topological polar surface area (TPSA) is 75.3 Å². The van der Waals surface area contributed by atoms with Crippen LogP contribution in [0, 0.1) is 5.92 Å². The molecule has 0 spiro atoms. The van der Waals surface area contributed by atoms with Crippen molar-refractivity contribution in [3.63, 3.8) is 0 Å². The number of halogens is 1. The Morgan fingerprint density at radius 3 is 2.72 bits per heavy atom. The fourth-order valence-electron chi connectivity index (χ4n) is 1.68. The lowest BCUT2D eigenvalue weighted by molar-refractivity contribution is 0.0917. The van der Waals surface area contributed by atoms with E-state index in [2.05, 4.69) is 21.2 Å². The average Bonchev–Trinajstić information content (AvgIpc) is 2.31. The predicted octanol–water partition coefficient (Wildman–Crippen LogP) is 2.17. The highest BCUT2D eigenvalue weighted by molar-refractivity contribution is 9.10. The maximum absolute atomic E-state index is 12.1. The van der Waals surface area contributed by atoms with E-state index in [9.17, 15) is 4.79 Å². The molecule has 0 aliphatic rings. The zero-order valence-electron chi connectivity index (χ0n) is 10.6. The second kappa shape index (κ2) is 6.75. The Labute approximate surface area is 116 Å². The van der Waals surface area contributed by atoms with Gasteiger partial charge in [0.2, 0.25) is 0 Å². The molecule has 0 fully saturated rings. The van der Waals surface area contributed by atoms with Gasteiger partial charge in [0.15, 0.2) is 0 Å². The number of nitrogen functional groups attached to an aromatic ring is 1. The van der Waals surface area contributed by atoms with Gasteiger partial charge in [-0.1, -0.05) is 29.8 Å². The molecular weight excluding hydrogens is 296 g/mol. The summed E-state index contributed by atoms with van der Waals surface area (Å²) in [6.45, 7) is 4.06. The van der Waals surface area contributed by atoms with Gasteiger partial charge in [-0.25, -0.2) is 0 Å². The highest BCUT2D eigenvalue weighted by Crippen LogP contribution is 2.19. The molecule has 0 saturated heterocycles. The molecule has 0 saturated carbocycles. The van der Waals surface area contributed by atoms with E-state index in [-0.39, 0.29) is 24.5 Å². The van der Waals surface area contributed by atoms with Crippen molar-refractivity contribution < 1.29 is 9.90 Å². The van der Waals surface area contributed by atoms with Crippen LogP contribution in [-0.2, 0) is 0 Å². The molecule has 4 nitrogen and oxygen atoms in total. The Hall–Kier alpha value is -1.07. The standard InChI is InChI=1S/C13H19BrN2O2/c1-8(2)12(5-6-17)16-13(18)10-7-9(14)3-4-11(10)15/h3-4,7-8,12,17H,5-6,15H2,1-2H3,(H,16,18). The minimum atomic E-state index is -0.207. The van der Waals surface area contributed by atoms with Gasteiger partial charge in [0.05, 0.1) is 5.56 Å². The number of hydrogen-bond donors (Lipinski definition) is 3. The molecule has 0 heterocycles. The van der Waals surface area contributed by atoms with E-state index in [0.29, 0.717) is 17.7 Å². The quantitative estimate of drug-likeness (QED) is 0.729. The molecule has 1 atom stereocenters. The molecule has 18 heavy (non-hydrogen) atoms. The van der Waals surface area contributed by atoms with E-state index >= 15 is 0 Å². The van der Waals surface area contributed by atoms with Crippen molar-refractivity contribution in [3.8, 4) is 0 Å². The van der Waals surface area contributed by atoms with Gasteiger partial charge in [-0.3, -0.25) is 4.79 Å². The Bertz CT molecular complexity index is 421. The summed E-state index contributed by atoms with van der Waals surface area (Å²) in [5.41, 5.74) is 6.68. The molecular formula is C13H19BrN2O2. The third-order valence-corrected chi connectivity index (χ3v) is 3.31. The second-order valence-electron chi connectivity index (χ2n) is 4.57. The number of nitrogens with two attached hydrogens (primary N) is 1. The van der Waals surface area contributed by atoms with E-state index in [1.54, 1.807) is 18.2 Å². The fourth-order valence-corrected chi connectivity index (χ4v) is 2.04. The zero-order chi connectivity index (χ0) is 13.7. The summed E-state index contributed by atoms with van der Waals surface area (Å²) in [5.74, 6) is 0.0513. The van der Waals surface area contributed by atoms with Crippen molar-refractivity contribution in [2.75, 3.05) is 12.3 Å². The van der Waals surface area contributed by atoms with E-state index in [4.69, 9.17) is 10.8 Å². The lowest BCUT2D eigenvalue weighted by atomic mass is 10.0. The molecule has 0 bridgehead atoms. The number of amides is 1. The van der Waals surface area contributed by atoms with E-state index in [1.165, 1.54) is 0 Å². The largest absolute Gasteiger partial charge is 0.398 e. The molecule has 0 aliphatic heterocycles. The van der Waals surface area contributed by atoms with Crippen LogP contribution in [0.25, 0.3) is 0 Å². The summed E-state index contributed by atoms with van der Waals surface area (Å²) in [5, 5.41) is 11.9. The van der Waals surface area contributed by atoms with Crippen molar-refractivity contribution in [2.24, 2.45) is 5.92 Å². The highest BCUT2D eigenvalue weighted by Gasteiger charge is 2.18. The van der Waals surface area contributed by atoms with Gasteiger partial charge in [-0.15, -0.1) is 0 Å². The smallest absolute Gasteiger partial charge is 0.253 e. The number of carbonyl (C=O) groups is 1. The van der Waals surface area contributed by atoms with Gasteiger partial charge in [-0.2, -0.15) is 0 Å². The summed E-state index contributed by atoms with van der Waals surface area (Å²) in [4.78, 5) is 12.1. The van der Waals surface area contributed by atoms with Gasteiger partial charge >= 0.3 is 0 Å². The number of aliphatic hydroxyl groups is 1. The van der Waals surface area contributed by atoms with Gasteiger partial charge in [0.1, 0.15) is 0 Å². The average molecular weight is 315 g/mol. The first kappa shape index (κ1) is 15.0. The van der Waals surface area contributed by atoms with Crippen LogP contribution in [0.3, 0.4) is 0 Å². The number of hydrogen-bond acceptors (Lipinski definition) is 3. The number of rotatable bonds is 5. The van der Waals surface area contributed by atoms with Crippen molar-refractivity contribution >= 4 is 27.5 Å². The van der Waals surface area contributed by atoms with Gasteiger partial charge in [0, 0.05) is 22.8 Å². The van der Waals surface area contributed by atoms with Crippen molar-refractivity contribution in [1.29, 1.82) is 0 Å². The second-order valence-corrected chi connectivity index (χ2v) is 5.48. The van der Waals surface area contributed by atoms with Crippen LogP contribution in [0.1, 0.15) is 30.6 Å². The summed E-state index contributed by atoms with van der Waals surface area (Å²) in [6.07, 6.45) is 0.539. The summed E-state index contributed by atoms with van der Waals surface area (Å²) in [6, 6.07) is 5.12. The Morgan fingerprint density at radius 2 is 2.17 bits per heavy atom. The maximum Gasteiger partial charge on any atom is 0.253 e. The monoisotopic (exact) mass is 314 g/mol. The first-order valence-electron chi connectivity index (χ1n) is 5.92. The number of carbonyl (C=O) groups excluding carboxylic acids is 1. The third kappa shape index (κ3) is 3.99. The van der Waals surface area contributed by atoms with Crippen LogP contribution < -0.4 is 11.1 Å². The van der Waals surface area contributed by atoms with Crippen LogP contribution in [0.4, 0.5) is 5.69 Å². The van der Waals surface area contributed by atoms with Crippen LogP contribution in [0.5, 0.6) is 0 Å². The molecule has 1 aromatic rings. The summed E-state index contributed by atoms with van der Waals surface area (Å²) in [7, 11) is 0. The minimum absolute atomic E-state index is 0.0527. The zero-order valence-corrected chi connectivity index (χ0v) is 12.2. The van der Waals surface area contributed by atoms with Gasteiger partial charge < -0.3 is 16.2 Å². The Morgan fingerprint density at radius 1 is 1.50 bits per heavy atom. The fraction of sp³-hybridized carbons (Fsp3) is 0.462. The lowest BCUT2D eigenvalue weighted by Crippen LogP contribution is -2.39. The van der Waals surface area contributed by atoms with Crippen LogP contribution >= 0.6 is 15.9 Å². The van der Waals surface area contributed by atoms with Gasteiger partial charge in [-0.05, 0) is 30.5 Å². The number of anilines is 1. The normalized spacial score (nSPS) is 12.5. The number of benzene rings is 1. The van der Waals surface area contributed by atoms with Crippen molar-refractivity contribution in [3.05, 3.63) is 28.2 Å². The molecule has 1 rings (SSSR count). The number of aliphatic hydroxyl groups excluding tert-OH is 1. The van der Waals surface area contributed by atoms with Crippen LogP contribution in [0.15, 0.2) is 22.7 Å². The van der Waals surface area contributed by atoms with E-state index in [0.717, 1.165) is 4.47 Å². The maximum atomic E-state index is 12.1. The SMILES string of the molecule is CC(C)C(CCO)NC(=O)c1cc(Br)ccc1N. The third-order valence-electron chi connectivity index (χ3n) is 2.82. The molecule has 1 unspecified atom stereocenters. The first-order chi connectivity index (χ1) is 8.45. The highest BCUT2D eigenvalue weighted by atomic mass is 79.9. The summed E-state index contributed by atoms with van der Waals surface area (Å²) >= 11 is 3.31. The number of nitrogens with one attached hydrogen (secondary N) is 1. The van der Waals surface area contributed by atoms with Crippen molar-refractivity contribution in [1.82, 2.24) is 5.32 Å². The molecule has 0 aliphatic carbocycles. The Balaban J connectivity index is 2.83. The molecule has 100 valence electrons. The minimum Gasteiger partial charge on any atom is -0.398 e. The van der Waals surface area contributed by atoms with E-state index < -0.39 is 0 Å². The van der Waals surface area contributed by atoms with Crippen LogP contribution in [-0.4, -0.2) is 23.7 Å². The van der Waals surface area contributed by atoms with Gasteiger partial charge in [0.25, 0.3) is 5.91 Å². The molecule has 1 aromatic carbocycles. The van der Waals surface area contributed by atoms with Crippen LogP contribution in [0.2, 0.25) is 0 Å². The lowest BCUT2D eigenvalue weighted by Gasteiger charge is -2.22. The molecule has 5 heteroatoms. The summed E-state index contributed by atoms with van der Waals surface area (Å²) < 4.78 is 0.810. The molecule has 1 amide bonds. The van der Waals surface area contributed by atoms with E-state index in [1.807, 2.05) is 13.8 Å². The molecule has 4 N–H and O–H groups in total. The molecule has 0 radical (unpaired) electrons. The first-order valence-corrected chi connectivity index (χ1v) is 6.71. The predicted molar refractivity (Wildman–Crippen MR) is 76.3 cm³/mol. The Kier molecular flexibility index (Phi) is 5.62. The molecule has 0 aromatic heterocycles.